The van der Waals surface area contributed by atoms with Crippen molar-refractivity contribution in [2.45, 2.75) is 19.3 Å². The summed E-state index contributed by atoms with van der Waals surface area (Å²) in [4.78, 5) is 14.2. The van der Waals surface area contributed by atoms with Gasteiger partial charge in [0.25, 0.3) is 0 Å². The average Bonchev–Trinajstić information content (AvgIpc) is 3.06. The second-order valence-corrected chi connectivity index (χ2v) is 5.85. The number of hydrogen-bond acceptors (Lipinski definition) is 2. The number of benzene rings is 1. The van der Waals surface area contributed by atoms with Gasteiger partial charge in [0, 0.05) is 24.8 Å². The fourth-order valence-corrected chi connectivity index (χ4v) is 3.42. The Hall–Kier alpha value is -1.78. The molecule has 1 N–H and O–H groups in total. The van der Waals surface area contributed by atoms with E-state index in [1.54, 1.807) is 18.2 Å². The number of anilines is 1. The third-order valence-corrected chi connectivity index (χ3v) is 4.44. The number of fused-ring (bicyclic) bond motifs is 1. The van der Waals surface area contributed by atoms with Gasteiger partial charge in [-0.1, -0.05) is 12.5 Å². The summed E-state index contributed by atoms with van der Waals surface area (Å²) in [5, 5.41) is 2.90. The van der Waals surface area contributed by atoms with E-state index in [4.69, 9.17) is 4.74 Å². The van der Waals surface area contributed by atoms with Crippen LogP contribution < -0.4 is 10.1 Å². The number of carbonyl (C=O) groups is 1. The predicted octanol–water partition coefficient (Wildman–Crippen LogP) is 3.30. The summed E-state index contributed by atoms with van der Waals surface area (Å²) in [6, 6.07) is 7.04. The van der Waals surface area contributed by atoms with Crippen LogP contribution in [0, 0.1) is 11.8 Å². The Morgan fingerprint density at radius 3 is 2.81 bits per heavy atom. The van der Waals surface area contributed by atoms with Gasteiger partial charge in [-0.15, -0.1) is 0 Å². The van der Waals surface area contributed by atoms with Gasteiger partial charge in [-0.3, -0.25) is 0 Å². The van der Waals surface area contributed by atoms with E-state index in [0.717, 1.165) is 13.1 Å². The second-order valence-electron chi connectivity index (χ2n) is 5.85. The van der Waals surface area contributed by atoms with Crippen LogP contribution in [-0.4, -0.2) is 37.3 Å². The van der Waals surface area contributed by atoms with Crippen molar-refractivity contribution >= 4 is 11.7 Å². The average molecular weight is 292 g/mol. The largest absolute Gasteiger partial charge is 0.491 e. The van der Waals surface area contributed by atoms with E-state index >= 15 is 0 Å². The Morgan fingerprint density at radius 2 is 2.10 bits per heavy atom. The topological polar surface area (TPSA) is 41.6 Å². The molecule has 4 nitrogen and oxygen atoms in total. The molecular weight excluding hydrogens is 271 g/mol. The molecule has 2 fully saturated rings. The molecule has 0 spiro atoms. The zero-order chi connectivity index (χ0) is 14.7. The van der Waals surface area contributed by atoms with E-state index in [-0.39, 0.29) is 12.6 Å². The van der Waals surface area contributed by atoms with Crippen LogP contribution in [0.4, 0.5) is 14.9 Å². The minimum atomic E-state index is -0.521. The van der Waals surface area contributed by atoms with Gasteiger partial charge in [0.2, 0.25) is 0 Å². The number of nitrogens with one attached hydrogen (secondary N) is 1. The summed E-state index contributed by atoms with van der Waals surface area (Å²) < 4.78 is 17.3. The number of ether oxygens (including phenoxy) is 1. The SMILES string of the molecule is O=C(Nc1cccc(OCCF)c1)N1C[C@@H]2CCC[C@H]2C1. The van der Waals surface area contributed by atoms with Crippen molar-refractivity contribution in [2.24, 2.45) is 11.8 Å². The Bertz CT molecular complexity index is 497. The van der Waals surface area contributed by atoms with Gasteiger partial charge < -0.3 is 15.0 Å². The van der Waals surface area contributed by atoms with E-state index in [9.17, 15) is 9.18 Å². The van der Waals surface area contributed by atoms with Gasteiger partial charge in [-0.25, -0.2) is 9.18 Å². The molecule has 0 bridgehead atoms. The van der Waals surface area contributed by atoms with Crippen LogP contribution in [0.3, 0.4) is 0 Å². The molecule has 0 radical (unpaired) electrons. The zero-order valence-electron chi connectivity index (χ0n) is 12.1. The van der Waals surface area contributed by atoms with Gasteiger partial charge in [0.05, 0.1) is 0 Å². The molecule has 3 rings (SSSR count). The highest BCUT2D eigenvalue weighted by molar-refractivity contribution is 5.89. The molecule has 1 aliphatic heterocycles. The van der Waals surface area contributed by atoms with Crippen molar-refractivity contribution < 1.29 is 13.9 Å². The van der Waals surface area contributed by atoms with E-state index in [2.05, 4.69) is 5.32 Å². The number of nitrogens with zero attached hydrogens (tertiary/aromatic N) is 1. The first-order valence-corrected chi connectivity index (χ1v) is 7.61. The summed E-state index contributed by atoms with van der Waals surface area (Å²) in [6.07, 6.45) is 3.81. The van der Waals surface area contributed by atoms with Crippen molar-refractivity contribution in [3.63, 3.8) is 0 Å². The van der Waals surface area contributed by atoms with E-state index in [0.29, 0.717) is 23.3 Å². The zero-order valence-corrected chi connectivity index (χ0v) is 12.1. The summed E-state index contributed by atoms with van der Waals surface area (Å²) in [5.41, 5.74) is 0.688. The van der Waals surface area contributed by atoms with Gasteiger partial charge in [0.15, 0.2) is 0 Å². The molecule has 0 aromatic heterocycles. The minimum Gasteiger partial charge on any atom is -0.491 e. The van der Waals surface area contributed by atoms with Gasteiger partial charge in [0.1, 0.15) is 19.0 Å². The summed E-state index contributed by atoms with van der Waals surface area (Å²) in [7, 11) is 0. The highest BCUT2D eigenvalue weighted by atomic mass is 19.1. The number of amides is 2. The normalized spacial score (nSPS) is 24.0. The van der Waals surface area contributed by atoms with Crippen LogP contribution in [0.1, 0.15) is 19.3 Å². The third kappa shape index (κ3) is 3.28. The number of rotatable bonds is 4. The fourth-order valence-electron chi connectivity index (χ4n) is 3.42. The number of urea groups is 1. The number of likely N-dealkylation sites (tertiary alicyclic amines) is 1. The molecule has 114 valence electrons. The van der Waals surface area contributed by atoms with Gasteiger partial charge in [-0.05, 0) is 36.8 Å². The van der Waals surface area contributed by atoms with E-state index in [1.165, 1.54) is 19.3 Å². The molecule has 1 aliphatic carbocycles. The first-order chi connectivity index (χ1) is 10.3. The number of carbonyl (C=O) groups excluding carboxylic acids is 1. The second kappa shape index (κ2) is 6.33. The molecule has 21 heavy (non-hydrogen) atoms. The van der Waals surface area contributed by atoms with Crippen LogP contribution in [0.2, 0.25) is 0 Å². The third-order valence-electron chi connectivity index (χ3n) is 4.44. The lowest BCUT2D eigenvalue weighted by atomic mass is 10.0. The number of alkyl halides is 1. The lowest BCUT2D eigenvalue weighted by molar-refractivity contribution is 0.219. The molecule has 0 unspecified atom stereocenters. The first kappa shape index (κ1) is 14.2. The maximum absolute atomic E-state index is 12.3. The Kier molecular flexibility index (Phi) is 4.27. The van der Waals surface area contributed by atoms with Crippen LogP contribution in [0.15, 0.2) is 24.3 Å². The minimum absolute atomic E-state index is 0.0346. The predicted molar refractivity (Wildman–Crippen MR) is 79.3 cm³/mol. The summed E-state index contributed by atoms with van der Waals surface area (Å²) >= 11 is 0. The van der Waals surface area contributed by atoms with Crippen LogP contribution >= 0.6 is 0 Å². The molecule has 1 saturated carbocycles. The molecule has 2 aliphatic rings. The van der Waals surface area contributed by atoms with E-state index < -0.39 is 6.67 Å². The molecule has 1 aromatic rings. The van der Waals surface area contributed by atoms with Crippen molar-refractivity contribution in [3.8, 4) is 5.75 Å². The molecule has 5 heteroatoms. The van der Waals surface area contributed by atoms with Crippen molar-refractivity contribution in [3.05, 3.63) is 24.3 Å². The highest BCUT2D eigenvalue weighted by Crippen LogP contribution is 2.37. The lowest BCUT2D eigenvalue weighted by Crippen LogP contribution is -2.33. The smallest absolute Gasteiger partial charge is 0.321 e. The van der Waals surface area contributed by atoms with Crippen molar-refractivity contribution in [1.82, 2.24) is 4.90 Å². The molecule has 1 saturated heterocycles. The van der Waals surface area contributed by atoms with Crippen LogP contribution in [-0.2, 0) is 0 Å². The standard InChI is InChI=1S/C16H21FN2O2/c17-7-8-21-15-6-2-5-14(9-15)18-16(20)19-10-12-3-1-4-13(12)11-19/h2,5-6,9,12-13H,1,3-4,7-8,10-11H2,(H,18,20)/t12-,13-/m0/s1. The van der Waals surface area contributed by atoms with Crippen LogP contribution in [0.25, 0.3) is 0 Å². The maximum Gasteiger partial charge on any atom is 0.321 e. The quantitative estimate of drug-likeness (QED) is 0.925. The monoisotopic (exact) mass is 292 g/mol. The Balaban J connectivity index is 1.57. The van der Waals surface area contributed by atoms with Gasteiger partial charge >= 0.3 is 6.03 Å². The number of halogens is 1. The first-order valence-electron chi connectivity index (χ1n) is 7.61. The summed E-state index contributed by atoms with van der Waals surface area (Å²) in [6.45, 7) is 1.25. The molecule has 2 atom stereocenters. The fraction of sp³-hybridized carbons (Fsp3) is 0.562. The Morgan fingerprint density at radius 1 is 1.33 bits per heavy atom. The lowest BCUT2D eigenvalue weighted by Gasteiger charge is -2.18. The maximum atomic E-state index is 12.3. The summed E-state index contributed by atoms with van der Waals surface area (Å²) in [5.74, 6) is 1.95. The molecule has 1 heterocycles. The van der Waals surface area contributed by atoms with Crippen LogP contribution in [0.5, 0.6) is 5.75 Å². The molecule has 2 amide bonds. The molecule has 1 aromatic carbocycles. The highest BCUT2D eigenvalue weighted by Gasteiger charge is 2.37. The Labute approximate surface area is 124 Å². The molecular formula is C16H21FN2O2. The number of hydrogen-bond donors (Lipinski definition) is 1. The van der Waals surface area contributed by atoms with Gasteiger partial charge in [-0.2, -0.15) is 0 Å². The van der Waals surface area contributed by atoms with Crippen molar-refractivity contribution in [2.75, 3.05) is 31.7 Å². The van der Waals surface area contributed by atoms with E-state index in [1.807, 2.05) is 11.0 Å². The van der Waals surface area contributed by atoms with Crippen molar-refractivity contribution in [1.29, 1.82) is 0 Å².